The molecule has 0 radical (unpaired) electrons. The molecule has 0 aromatic heterocycles. The molecule has 13 heavy (non-hydrogen) atoms. The lowest BCUT2D eigenvalue weighted by Gasteiger charge is -2.26. The lowest BCUT2D eigenvalue weighted by atomic mass is 10.00. The topological polar surface area (TPSA) is 124 Å². The number of hydrogen-bond donors (Lipinski definition) is 5. The second kappa shape index (κ2) is 5.25. The molecule has 0 rings (SSSR count). The van der Waals surface area contributed by atoms with Crippen molar-refractivity contribution in [1.29, 1.82) is 0 Å². The van der Waals surface area contributed by atoms with Gasteiger partial charge >= 0.3 is 0 Å². The lowest BCUT2D eigenvalue weighted by Crippen LogP contribution is -2.51. The summed E-state index contributed by atoms with van der Waals surface area (Å²) in [6.07, 6.45) is -5.70. The minimum atomic E-state index is -1.64. The first-order valence-corrected chi connectivity index (χ1v) is 3.85. The van der Waals surface area contributed by atoms with Crippen LogP contribution in [0.15, 0.2) is 0 Å². The van der Waals surface area contributed by atoms with Crippen LogP contribution >= 0.6 is 0 Å². The van der Waals surface area contributed by atoms with Gasteiger partial charge in [-0.25, -0.2) is 0 Å². The molecular formula is C7H15NO5. The summed E-state index contributed by atoms with van der Waals surface area (Å²) < 4.78 is 0. The van der Waals surface area contributed by atoms with E-state index in [1.54, 1.807) is 0 Å². The summed E-state index contributed by atoms with van der Waals surface area (Å²) in [5.41, 5.74) is 5.08. The van der Waals surface area contributed by atoms with Gasteiger partial charge in [0.25, 0.3) is 0 Å². The Morgan fingerprint density at radius 2 is 1.54 bits per heavy atom. The first kappa shape index (κ1) is 12.5. The largest absolute Gasteiger partial charge is 0.391 e. The second-order valence-electron chi connectivity index (χ2n) is 2.93. The van der Waals surface area contributed by atoms with Crippen LogP contribution in [0.1, 0.15) is 6.92 Å². The number of aliphatic hydroxyl groups excluding tert-OH is 4. The molecule has 0 bridgehead atoms. The summed E-state index contributed by atoms with van der Waals surface area (Å²) in [6, 6.07) is -1.27. The smallest absolute Gasteiger partial charge is 0.139 e. The quantitative estimate of drug-likeness (QED) is 0.296. The van der Waals surface area contributed by atoms with Gasteiger partial charge in [-0.05, 0) is 6.92 Å². The fourth-order valence-corrected chi connectivity index (χ4v) is 0.796. The molecule has 0 aliphatic heterocycles. The van der Waals surface area contributed by atoms with E-state index < -0.39 is 30.5 Å². The molecular weight excluding hydrogens is 178 g/mol. The Bertz CT molecular complexity index is 163. The standard InChI is InChI=1S/C7H15NO5/c1-3(10)5(11)7(13)6(12)4(8)2-9/h2-7,10-13H,8H2,1H3/t3?,4-,5+,6+,7+/m0/s1. The van der Waals surface area contributed by atoms with E-state index in [-0.39, 0.29) is 6.29 Å². The third-order valence-corrected chi connectivity index (χ3v) is 1.75. The van der Waals surface area contributed by atoms with Crippen molar-refractivity contribution in [2.75, 3.05) is 0 Å². The zero-order chi connectivity index (χ0) is 10.6. The number of carbonyl (C=O) groups excluding carboxylic acids is 1. The molecule has 0 aromatic rings. The predicted molar refractivity (Wildman–Crippen MR) is 43.7 cm³/mol. The van der Waals surface area contributed by atoms with Gasteiger partial charge in [-0.2, -0.15) is 0 Å². The molecule has 78 valence electrons. The van der Waals surface area contributed by atoms with Gasteiger partial charge in [-0.1, -0.05) is 0 Å². The first-order chi connectivity index (χ1) is 5.91. The average Bonchev–Trinajstić information content (AvgIpc) is 2.12. The van der Waals surface area contributed by atoms with Gasteiger partial charge < -0.3 is 31.0 Å². The van der Waals surface area contributed by atoms with Crippen LogP contribution in [0.4, 0.5) is 0 Å². The minimum absolute atomic E-state index is 0.253. The van der Waals surface area contributed by atoms with E-state index in [0.717, 1.165) is 0 Å². The summed E-state index contributed by atoms with van der Waals surface area (Å²) in [5, 5.41) is 36.2. The van der Waals surface area contributed by atoms with Crippen LogP contribution in [-0.2, 0) is 4.79 Å². The van der Waals surface area contributed by atoms with Crippen molar-refractivity contribution in [2.45, 2.75) is 37.4 Å². The second-order valence-corrected chi connectivity index (χ2v) is 2.93. The predicted octanol–water partition coefficient (Wildman–Crippen LogP) is -3.02. The Balaban J connectivity index is 4.23. The first-order valence-electron chi connectivity index (χ1n) is 3.85. The molecule has 0 amide bonds. The maximum absolute atomic E-state index is 10.1. The number of aldehydes is 1. The summed E-state index contributed by atoms with van der Waals surface area (Å²) >= 11 is 0. The fourth-order valence-electron chi connectivity index (χ4n) is 0.796. The van der Waals surface area contributed by atoms with E-state index >= 15 is 0 Å². The van der Waals surface area contributed by atoms with E-state index in [1.807, 2.05) is 0 Å². The Labute approximate surface area is 75.6 Å². The molecule has 0 fully saturated rings. The van der Waals surface area contributed by atoms with Crippen LogP contribution in [0, 0.1) is 0 Å². The van der Waals surface area contributed by atoms with Gasteiger partial charge in [0.1, 0.15) is 24.6 Å². The van der Waals surface area contributed by atoms with Crippen LogP contribution in [0.25, 0.3) is 0 Å². The molecule has 6 nitrogen and oxygen atoms in total. The van der Waals surface area contributed by atoms with E-state index in [9.17, 15) is 4.79 Å². The van der Waals surface area contributed by atoms with Gasteiger partial charge in [0, 0.05) is 0 Å². The maximum atomic E-state index is 10.1. The van der Waals surface area contributed by atoms with Crippen LogP contribution in [0.5, 0.6) is 0 Å². The summed E-state index contributed by atoms with van der Waals surface area (Å²) in [4.78, 5) is 10.1. The zero-order valence-electron chi connectivity index (χ0n) is 7.24. The number of rotatable bonds is 5. The van der Waals surface area contributed by atoms with E-state index in [0.29, 0.717) is 0 Å². The molecule has 0 heterocycles. The average molecular weight is 193 g/mol. The van der Waals surface area contributed by atoms with Gasteiger partial charge in [0.2, 0.25) is 0 Å². The highest BCUT2D eigenvalue weighted by molar-refractivity contribution is 5.58. The monoisotopic (exact) mass is 193 g/mol. The van der Waals surface area contributed by atoms with Crippen molar-refractivity contribution < 1.29 is 25.2 Å². The summed E-state index contributed by atoms with van der Waals surface area (Å²) in [5.74, 6) is 0. The third-order valence-electron chi connectivity index (χ3n) is 1.75. The Kier molecular flexibility index (Phi) is 5.04. The van der Waals surface area contributed by atoms with Gasteiger partial charge in [-0.3, -0.25) is 0 Å². The van der Waals surface area contributed by atoms with Crippen LogP contribution in [0.3, 0.4) is 0 Å². The SMILES string of the molecule is CC(O)[C@@H](O)[C@@H](O)[C@H](O)[C@@H](N)C=O. The normalized spacial score (nSPS) is 22.9. The molecule has 6 heteroatoms. The Morgan fingerprint density at radius 3 is 1.85 bits per heavy atom. The van der Waals surface area contributed by atoms with Crippen LogP contribution in [0.2, 0.25) is 0 Å². The summed E-state index contributed by atoms with van der Waals surface area (Å²) in [7, 11) is 0. The molecule has 0 saturated carbocycles. The van der Waals surface area contributed by atoms with E-state index in [2.05, 4.69) is 0 Å². The highest BCUT2D eigenvalue weighted by Gasteiger charge is 2.31. The van der Waals surface area contributed by atoms with Crippen molar-refractivity contribution in [3.05, 3.63) is 0 Å². The molecule has 0 spiro atoms. The molecule has 1 unspecified atom stereocenters. The van der Waals surface area contributed by atoms with Crippen molar-refractivity contribution in [1.82, 2.24) is 0 Å². The van der Waals surface area contributed by atoms with E-state index in [1.165, 1.54) is 6.92 Å². The Morgan fingerprint density at radius 1 is 1.08 bits per heavy atom. The fraction of sp³-hybridized carbons (Fsp3) is 0.857. The molecule has 5 atom stereocenters. The molecule has 0 saturated heterocycles. The molecule has 6 N–H and O–H groups in total. The van der Waals surface area contributed by atoms with Gasteiger partial charge in [0.15, 0.2) is 0 Å². The van der Waals surface area contributed by atoms with Crippen LogP contribution < -0.4 is 5.73 Å². The van der Waals surface area contributed by atoms with E-state index in [4.69, 9.17) is 26.2 Å². The van der Waals surface area contributed by atoms with Crippen molar-refractivity contribution in [3.63, 3.8) is 0 Å². The van der Waals surface area contributed by atoms with Gasteiger partial charge in [0.05, 0.1) is 12.1 Å². The number of carbonyl (C=O) groups is 1. The van der Waals surface area contributed by atoms with Crippen molar-refractivity contribution >= 4 is 6.29 Å². The highest BCUT2D eigenvalue weighted by Crippen LogP contribution is 2.06. The van der Waals surface area contributed by atoms with Crippen LogP contribution in [-0.4, -0.2) is 57.2 Å². The third kappa shape index (κ3) is 3.37. The van der Waals surface area contributed by atoms with Gasteiger partial charge in [-0.15, -0.1) is 0 Å². The number of nitrogens with two attached hydrogens (primary N) is 1. The Hall–Kier alpha value is -0.530. The number of hydrogen-bond acceptors (Lipinski definition) is 6. The minimum Gasteiger partial charge on any atom is -0.391 e. The highest BCUT2D eigenvalue weighted by atomic mass is 16.4. The number of aliphatic hydroxyl groups is 4. The van der Waals surface area contributed by atoms with Crippen molar-refractivity contribution in [3.8, 4) is 0 Å². The van der Waals surface area contributed by atoms with Crippen molar-refractivity contribution in [2.24, 2.45) is 5.73 Å². The molecule has 0 aromatic carbocycles. The zero-order valence-corrected chi connectivity index (χ0v) is 7.24. The maximum Gasteiger partial charge on any atom is 0.139 e. The molecule has 0 aliphatic rings. The summed E-state index contributed by atoms with van der Waals surface area (Å²) in [6.45, 7) is 1.24. The molecule has 0 aliphatic carbocycles. The lowest BCUT2D eigenvalue weighted by molar-refractivity contribution is -0.123.